The molecule has 0 N–H and O–H groups in total. The molecule has 1 atom stereocenters. The molecule has 0 rings (SSSR count). The van der Waals surface area contributed by atoms with Crippen LogP contribution >= 0.6 is 0 Å². The minimum absolute atomic E-state index is 0.114. The minimum atomic E-state index is -0.821. The fraction of sp³-hybridized carbons (Fsp3) is 0.567. The summed E-state index contributed by atoms with van der Waals surface area (Å²) in [4.78, 5) is 38.1. The summed E-state index contributed by atoms with van der Waals surface area (Å²) in [5.74, 6) is -1.01. The smallest absolute Gasteiger partial charge is 0.306 e. The van der Waals surface area contributed by atoms with Crippen molar-refractivity contribution in [2.24, 2.45) is 0 Å². The lowest BCUT2D eigenvalue weighted by molar-refractivity contribution is -0.167. The van der Waals surface area contributed by atoms with Crippen LogP contribution in [0.5, 0.6) is 0 Å². The van der Waals surface area contributed by atoms with Gasteiger partial charge in [-0.25, -0.2) is 0 Å². The van der Waals surface area contributed by atoms with Gasteiger partial charge in [0.1, 0.15) is 13.2 Å². The second-order valence-electron chi connectivity index (χ2n) is 18.4. The highest BCUT2D eigenvalue weighted by molar-refractivity contribution is 5.71. The zero-order valence-electron chi connectivity index (χ0n) is 46.6. The SMILES string of the molecule is CC/C=C\C/C=C\C/C=C\C/C=C\C/C=C\C/C=C\C/C=C\C/C=C\C/C=C\CCCC(=O)OCC(COC(=O)CCCCCCC/C=C\CCCC)OC(=O)CCCCCCC/C=C\C/C=C\C/C=C\CC. The lowest BCUT2D eigenvalue weighted by atomic mass is 10.1. The molecule has 73 heavy (non-hydrogen) atoms. The Bertz CT molecular complexity index is 1670. The first-order valence-electron chi connectivity index (χ1n) is 29.0. The average molecular weight is 1010 g/mol. The summed E-state index contributed by atoms with van der Waals surface area (Å²) in [6.45, 7) is 6.28. The minimum Gasteiger partial charge on any atom is -0.462 e. The van der Waals surface area contributed by atoms with Crippen LogP contribution in [0.4, 0.5) is 0 Å². The van der Waals surface area contributed by atoms with Gasteiger partial charge in [-0.05, 0) is 135 Å². The molecule has 6 nitrogen and oxygen atoms in total. The molecule has 0 saturated heterocycles. The molecule has 0 aliphatic rings. The van der Waals surface area contributed by atoms with Gasteiger partial charge in [0.15, 0.2) is 6.10 Å². The van der Waals surface area contributed by atoms with Gasteiger partial charge in [-0.3, -0.25) is 14.4 Å². The Labute approximate surface area is 448 Å². The number of carbonyl (C=O) groups excluding carboxylic acids is 3. The van der Waals surface area contributed by atoms with Crippen molar-refractivity contribution in [3.63, 3.8) is 0 Å². The fourth-order valence-corrected chi connectivity index (χ4v) is 7.20. The van der Waals surface area contributed by atoms with E-state index < -0.39 is 6.10 Å². The van der Waals surface area contributed by atoms with Gasteiger partial charge < -0.3 is 14.2 Å². The number of hydrogen-bond donors (Lipinski definition) is 0. The van der Waals surface area contributed by atoms with Gasteiger partial charge in [-0.1, -0.05) is 230 Å². The van der Waals surface area contributed by atoms with Gasteiger partial charge in [-0.15, -0.1) is 0 Å². The Morgan fingerprint density at radius 1 is 0.288 bits per heavy atom. The average Bonchev–Trinajstić information content (AvgIpc) is 3.39. The largest absolute Gasteiger partial charge is 0.462 e. The Balaban J connectivity index is 4.44. The van der Waals surface area contributed by atoms with Crippen LogP contribution in [-0.2, 0) is 28.6 Å². The Kier molecular flexibility index (Phi) is 55.5. The van der Waals surface area contributed by atoms with E-state index in [0.29, 0.717) is 12.8 Å². The summed E-state index contributed by atoms with van der Waals surface area (Å²) >= 11 is 0. The highest BCUT2D eigenvalue weighted by atomic mass is 16.6. The number of allylic oxidation sites excluding steroid dienone is 26. The lowest BCUT2D eigenvalue weighted by Crippen LogP contribution is -2.30. The molecule has 0 radical (unpaired) electrons. The molecule has 0 spiro atoms. The van der Waals surface area contributed by atoms with Gasteiger partial charge in [0.2, 0.25) is 0 Å². The Morgan fingerprint density at radius 2 is 0.548 bits per heavy atom. The van der Waals surface area contributed by atoms with Gasteiger partial charge in [0.25, 0.3) is 0 Å². The number of rotatable bonds is 50. The van der Waals surface area contributed by atoms with Gasteiger partial charge >= 0.3 is 17.9 Å². The normalized spacial score (nSPS) is 13.3. The van der Waals surface area contributed by atoms with Crippen molar-refractivity contribution in [1.82, 2.24) is 0 Å². The maximum absolute atomic E-state index is 12.8. The highest BCUT2D eigenvalue weighted by Gasteiger charge is 2.19. The van der Waals surface area contributed by atoms with E-state index in [4.69, 9.17) is 14.2 Å². The molecule has 408 valence electrons. The zero-order valence-corrected chi connectivity index (χ0v) is 46.6. The van der Waals surface area contributed by atoms with Crippen LogP contribution in [0.1, 0.15) is 226 Å². The van der Waals surface area contributed by atoms with Crippen LogP contribution in [0.25, 0.3) is 0 Å². The molecule has 0 aliphatic carbocycles. The molecule has 1 unspecified atom stereocenters. The molecule has 0 saturated carbocycles. The second kappa shape index (κ2) is 59.6. The molecule has 0 heterocycles. The molecule has 6 heteroatoms. The summed E-state index contributed by atoms with van der Waals surface area (Å²) in [7, 11) is 0. The molecule has 0 aromatic carbocycles. The topological polar surface area (TPSA) is 78.9 Å². The molecular formula is C67H104O6. The lowest BCUT2D eigenvalue weighted by Gasteiger charge is -2.18. The number of carbonyl (C=O) groups is 3. The maximum Gasteiger partial charge on any atom is 0.306 e. The highest BCUT2D eigenvalue weighted by Crippen LogP contribution is 2.12. The van der Waals surface area contributed by atoms with Crippen molar-refractivity contribution in [2.75, 3.05) is 13.2 Å². The summed E-state index contributed by atoms with van der Waals surface area (Å²) in [5.41, 5.74) is 0. The van der Waals surface area contributed by atoms with E-state index in [1.165, 1.54) is 25.7 Å². The number of hydrogen-bond acceptors (Lipinski definition) is 6. The third kappa shape index (κ3) is 57.8. The van der Waals surface area contributed by atoms with Gasteiger partial charge in [-0.2, -0.15) is 0 Å². The van der Waals surface area contributed by atoms with E-state index in [0.717, 1.165) is 154 Å². The van der Waals surface area contributed by atoms with E-state index in [-0.39, 0.29) is 44.0 Å². The van der Waals surface area contributed by atoms with Gasteiger partial charge in [0.05, 0.1) is 0 Å². The van der Waals surface area contributed by atoms with Crippen LogP contribution < -0.4 is 0 Å². The van der Waals surface area contributed by atoms with E-state index in [1.807, 2.05) is 0 Å². The van der Waals surface area contributed by atoms with Crippen molar-refractivity contribution in [2.45, 2.75) is 232 Å². The first-order valence-corrected chi connectivity index (χ1v) is 29.0. The first kappa shape index (κ1) is 68.0. The number of unbranched alkanes of at least 4 members (excludes halogenated alkanes) is 13. The monoisotopic (exact) mass is 1000 g/mol. The van der Waals surface area contributed by atoms with Gasteiger partial charge in [0, 0.05) is 19.3 Å². The van der Waals surface area contributed by atoms with Crippen LogP contribution in [0.2, 0.25) is 0 Å². The summed E-state index contributed by atoms with van der Waals surface area (Å²) in [5, 5.41) is 0. The molecule has 0 aromatic heterocycles. The third-order valence-electron chi connectivity index (χ3n) is 11.5. The van der Waals surface area contributed by atoms with E-state index in [9.17, 15) is 14.4 Å². The predicted octanol–water partition coefficient (Wildman–Crippen LogP) is 19.8. The van der Waals surface area contributed by atoms with Crippen molar-refractivity contribution in [1.29, 1.82) is 0 Å². The van der Waals surface area contributed by atoms with Crippen molar-refractivity contribution >= 4 is 17.9 Å². The third-order valence-corrected chi connectivity index (χ3v) is 11.5. The Morgan fingerprint density at radius 3 is 0.904 bits per heavy atom. The van der Waals surface area contributed by atoms with E-state index >= 15 is 0 Å². The molecule has 0 aliphatic heterocycles. The predicted molar refractivity (Wildman–Crippen MR) is 315 cm³/mol. The fourth-order valence-electron chi connectivity index (χ4n) is 7.20. The number of esters is 3. The number of ether oxygens (including phenoxy) is 3. The van der Waals surface area contributed by atoms with E-state index in [1.54, 1.807) is 0 Å². The molecule has 0 amide bonds. The van der Waals surface area contributed by atoms with Crippen LogP contribution in [0.3, 0.4) is 0 Å². The zero-order chi connectivity index (χ0) is 52.9. The quantitative estimate of drug-likeness (QED) is 0.0261. The molecule has 0 bridgehead atoms. The maximum atomic E-state index is 12.8. The van der Waals surface area contributed by atoms with Crippen molar-refractivity contribution in [3.05, 3.63) is 158 Å². The first-order chi connectivity index (χ1) is 36.0. The van der Waals surface area contributed by atoms with Crippen LogP contribution in [-0.4, -0.2) is 37.2 Å². The molecule has 0 aromatic rings. The summed E-state index contributed by atoms with van der Waals surface area (Å²) in [6, 6.07) is 0. The van der Waals surface area contributed by atoms with E-state index in [2.05, 4.69) is 179 Å². The van der Waals surface area contributed by atoms with Crippen molar-refractivity contribution in [3.8, 4) is 0 Å². The summed E-state index contributed by atoms with van der Waals surface area (Å²) < 4.78 is 16.8. The summed E-state index contributed by atoms with van der Waals surface area (Å²) in [6.07, 6.45) is 86.8. The molecule has 0 fully saturated rings. The second-order valence-corrected chi connectivity index (χ2v) is 18.4. The molecular weight excluding hydrogens is 901 g/mol. The standard InChI is InChI=1S/C67H104O6/c1-4-7-10-13-16-19-22-24-26-27-28-29-30-31-32-33-34-35-36-37-38-39-41-42-45-48-51-54-57-60-66(69)72-63-64(62-71-65(68)59-56-53-50-47-44-21-18-15-12-9-6-3)73-67(70)61-58-55-52-49-46-43-40-25-23-20-17-14-11-8-5-2/h7-8,10-11,15-20,24-26,28-29,31-32,34-35,37-38,40-42,48,51,64H,4-6,9,12-14,21-23,27,30,33,36,39,43-47,49-50,52-63H2,1-3H3/b10-7-,11-8-,18-15-,19-16-,20-17-,26-24-,29-28-,32-31-,35-34-,38-37-,40-25-,42-41-,51-48-. The van der Waals surface area contributed by atoms with Crippen molar-refractivity contribution < 1.29 is 28.6 Å². The van der Waals surface area contributed by atoms with Crippen LogP contribution in [0, 0.1) is 0 Å². The van der Waals surface area contributed by atoms with Crippen LogP contribution in [0.15, 0.2) is 158 Å². The Hall–Kier alpha value is -4.97.